The van der Waals surface area contributed by atoms with E-state index < -0.39 is 0 Å². The molecule has 0 aliphatic heterocycles. The SMILES string of the molecule is CC(C)C(S)C(=O)Nc1ccc2ccccc2c1. The lowest BCUT2D eigenvalue weighted by Gasteiger charge is -2.14. The number of amides is 1. The van der Waals surface area contributed by atoms with Gasteiger partial charge in [-0.15, -0.1) is 0 Å². The Labute approximate surface area is 113 Å². The third-order valence-electron chi connectivity index (χ3n) is 2.92. The molecule has 1 amide bonds. The molecule has 3 heteroatoms. The largest absolute Gasteiger partial charge is 0.325 e. The number of fused-ring (bicyclic) bond motifs is 1. The van der Waals surface area contributed by atoms with Crippen molar-refractivity contribution in [3.05, 3.63) is 42.5 Å². The summed E-state index contributed by atoms with van der Waals surface area (Å²) in [7, 11) is 0. The number of hydrogen-bond acceptors (Lipinski definition) is 2. The number of thiol groups is 1. The minimum absolute atomic E-state index is 0.0522. The van der Waals surface area contributed by atoms with E-state index >= 15 is 0 Å². The molecule has 2 rings (SSSR count). The van der Waals surface area contributed by atoms with E-state index in [1.165, 1.54) is 5.39 Å². The van der Waals surface area contributed by atoms with Crippen LogP contribution in [0.5, 0.6) is 0 Å². The highest BCUT2D eigenvalue weighted by atomic mass is 32.1. The quantitative estimate of drug-likeness (QED) is 0.808. The van der Waals surface area contributed by atoms with Crippen LogP contribution in [0.15, 0.2) is 42.5 Å². The highest BCUT2D eigenvalue weighted by Crippen LogP contribution is 2.20. The van der Waals surface area contributed by atoms with Gasteiger partial charge in [0.15, 0.2) is 0 Å². The Hall–Kier alpha value is -1.48. The van der Waals surface area contributed by atoms with Gasteiger partial charge < -0.3 is 5.32 Å². The molecular formula is C15H17NOS. The minimum atomic E-state index is -0.281. The molecule has 0 spiro atoms. The fraction of sp³-hybridized carbons (Fsp3) is 0.267. The second kappa shape index (κ2) is 5.44. The molecule has 0 aliphatic carbocycles. The maximum Gasteiger partial charge on any atom is 0.237 e. The zero-order chi connectivity index (χ0) is 13.1. The van der Waals surface area contributed by atoms with Crippen LogP contribution in [0.2, 0.25) is 0 Å². The van der Waals surface area contributed by atoms with Gasteiger partial charge in [-0.05, 0) is 28.8 Å². The zero-order valence-electron chi connectivity index (χ0n) is 10.6. The van der Waals surface area contributed by atoms with E-state index in [1.807, 2.05) is 50.2 Å². The second-order valence-electron chi connectivity index (χ2n) is 4.74. The predicted molar refractivity (Wildman–Crippen MR) is 80.2 cm³/mol. The van der Waals surface area contributed by atoms with Crippen molar-refractivity contribution in [3.8, 4) is 0 Å². The van der Waals surface area contributed by atoms with Gasteiger partial charge in [0.2, 0.25) is 5.91 Å². The zero-order valence-corrected chi connectivity index (χ0v) is 11.4. The number of carbonyl (C=O) groups excluding carboxylic acids is 1. The minimum Gasteiger partial charge on any atom is -0.325 e. The van der Waals surface area contributed by atoms with Crippen molar-refractivity contribution in [1.82, 2.24) is 0 Å². The molecule has 0 bridgehead atoms. The Morgan fingerprint density at radius 1 is 1.11 bits per heavy atom. The fourth-order valence-corrected chi connectivity index (χ4v) is 1.85. The molecule has 0 radical (unpaired) electrons. The Balaban J connectivity index is 2.19. The van der Waals surface area contributed by atoms with Crippen molar-refractivity contribution in [1.29, 1.82) is 0 Å². The molecule has 94 valence electrons. The highest BCUT2D eigenvalue weighted by Gasteiger charge is 2.17. The van der Waals surface area contributed by atoms with E-state index in [2.05, 4.69) is 24.0 Å². The van der Waals surface area contributed by atoms with Crippen molar-refractivity contribution >= 4 is 35.0 Å². The van der Waals surface area contributed by atoms with Gasteiger partial charge in [-0.2, -0.15) is 12.6 Å². The molecule has 1 N–H and O–H groups in total. The van der Waals surface area contributed by atoms with Crippen LogP contribution in [0, 0.1) is 5.92 Å². The predicted octanol–water partition coefficient (Wildman–Crippen LogP) is 3.73. The number of nitrogens with one attached hydrogen (secondary N) is 1. The Morgan fingerprint density at radius 3 is 2.44 bits per heavy atom. The molecule has 0 fully saturated rings. The standard InChI is InChI=1S/C15H17NOS/c1-10(2)14(18)15(17)16-13-8-7-11-5-3-4-6-12(11)9-13/h3-10,14,18H,1-2H3,(H,16,17). The van der Waals surface area contributed by atoms with E-state index in [4.69, 9.17) is 0 Å². The van der Waals surface area contributed by atoms with Crippen molar-refractivity contribution in [2.24, 2.45) is 5.92 Å². The first-order valence-corrected chi connectivity index (χ1v) is 6.57. The average molecular weight is 259 g/mol. The van der Waals surface area contributed by atoms with Crippen LogP contribution >= 0.6 is 12.6 Å². The van der Waals surface area contributed by atoms with Crippen molar-refractivity contribution < 1.29 is 4.79 Å². The summed E-state index contributed by atoms with van der Waals surface area (Å²) in [6.07, 6.45) is 0. The molecule has 1 atom stereocenters. The lowest BCUT2D eigenvalue weighted by Crippen LogP contribution is -2.27. The average Bonchev–Trinajstić information content (AvgIpc) is 2.37. The lowest BCUT2D eigenvalue weighted by atomic mass is 10.1. The molecule has 0 aromatic heterocycles. The topological polar surface area (TPSA) is 29.1 Å². The number of anilines is 1. The normalized spacial score (nSPS) is 12.7. The summed E-state index contributed by atoms with van der Waals surface area (Å²) < 4.78 is 0. The van der Waals surface area contributed by atoms with Crippen LogP contribution in [0.3, 0.4) is 0 Å². The van der Waals surface area contributed by atoms with E-state index in [0.717, 1.165) is 11.1 Å². The maximum absolute atomic E-state index is 11.9. The molecule has 2 aromatic rings. The molecule has 18 heavy (non-hydrogen) atoms. The van der Waals surface area contributed by atoms with Crippen LogP contribution in [0.4, 0.5) is 5.69 Å². The van der Waals surface area contributed by atoms with E-state index in [1.54, 1.807) is 0 Å². The summed E-state index contributed by atoms with van der Waals surface area (Å²) in [6, 6.07) is 14.0. The summed E-state index contributed by atoms with van der Waals surface area (Å²) in [5.41, 5.74) is 0.818. The van der Waals surface area contributed by atoms with Gasteiger partial charge in [-0.3, -0.25) is 4.79 Å². The molecule has 0 saturated heterocycles. The van der Waals surface area contributed by atoms with E-state index in [9.17, 15) is 4.79 Å². The molecular weight excluding hydrogens is 242 g/mol. The number of benzene rings is 2. The van der Waals surface area contributed by atoms with Gasteiger partial charge in [0.05, 0.1) is 5.25 Å². The number of rotatable bonds is 3. The first-order valence-electron chi connectivity index (χ1n) is 6.05. The summed E-state index contributed by atoms with van der Waals surface area (Å²) in [5, 5.41) is 4.91. The van der Waals surface area contributed by atoms with Gasteiger partial charge in [-0.1, -0.05) is 44.2 Å². The van der Waals surface area contributed by atoms with Gasteiger partial charge in [-0.25, -0.2) is 0 Å². The maximum atomic E-state index is 11.9. The molecule has 2 nitrogen and oxygen atoms in total. The van der Waals surface area contributed by atoms with Crippen molar-refractivity contribution in [2.75, 3.05) is 5.32 Å². The second-order valence-corrected chi connectivity index (χ2v) is 5.30. The molecule has 2 aromatic carbocycles. The third-order valence-corrected chi connectivity index (χ3v) is 3.75. The molecule has 0 heterocycles. The Kier molecular flexibility index (Phi) is 3.92. The Bertz CT molecular complexity index is 565. The third kappa shape index (κ3) is 2.85. The van der Waals surface area contributed by atoms with Gasteiger partial charge >= 0.3 is 0 Å². The monoisotopic (exact) mass is 259 g/mol. The summed E-state index contributed by atoms with van der Waals surface area (Å²) in [5.74, 6) is 0.164. The van der Waals surface area contributed by atoms with Crippen LogP contribution in [-0.4, -0.2) is 11.2 Å². The number of carbonyl (C=O) groups is 1. The van der Waals surface area contributed by atoms with Crippen molar-refractivity contribution in [2.45, 2.75) is 19.1 Å². The highest BCUT2D eigenvalue weighted by molar-refractivity contribution is 7.81. The van der Waals surface area contributed by atoms with Crippen LogP contribution in [0.1, 0.15) is 13.8 Å². The fourth-order valence-electron chi connectivity index (χ4n) is 1.79. The van der Waals surface area contributed by atoms with Crippen LogP contribution < -0.4 is 5.32 Å². The van der Waals surface area contributed by atoms with Crippen LogP contribution in [0.25, 0.3) is 10.8 Å². The first kappa shape index (κ1) is 13.0. The summed E-state index contributed by atoms with van der Waals surface area (Å²) in [6.45, 7) is 3.97. The smallest absolute Gasteiger partial charge is 0.237 e. The number of hydrogen-bond donors (Lipinski definition) is 2. The Morgan fingerprint density at radius 2 is 1.78 bits per heavy atom. The van der Waals surface area contributed by atoms with Gasteiger partial charge in [0, 0.05) is 5.69 Å². The van der Waals surface area contributed by atoms with E-state index in [-0.39, 0.29) is 17.1 Å². The van der Waals surface area contributed by atoms with Gasteiger partial charge in [0.25, 0.3) is 0 Å². The summed E-state index contributed by atoms with van der Waals surface area (Å²) >= 11 is 4.31. The van der Waals surface area contributed by atoms with Crippen molar-refractivity contribution in [3.63, 3.8) is 0 Å². The van der Waals surface area contributed by atoms with Gasteiger partial charge in [0.1, 0.15) is 0 Å². The molecule has 0 saturated carbocycles. The first-order chi connectivity index (χ1) is 8.58. The van der Waals surface area contributed by atoms with E-state index in [0.29, 0.717) is 0 Å². The summed E-state index contributed by atoms with van der Waals surface area (Å²) in [4.78, 5) is 11.9. The van der Waals surface area contributed by atoms with Crippen LogP contribution in [-0.2, 0) is 4.79 Å². The molecule has 1 unspecified atom stereocenters. The molecule has 0 aliphatic rings. The lowest BCUT2D eigenvalue weighted by molar-refractivity contribution is -0.116.